The number of rotatable bonds is 7. The average molecular weight is 315 g/mol. The summed E-state index contributed by atoms with van der Waals surface area (Å²) in [6.45, 7) is 5.24. The van der Waals surface area contributed by atoms with E-state index in [1.165, 1.54) is 18.2 Å². The molecule has 6 heteroatoms. The highest BCUT2D eigenvalue weighted by Crippen LogP contribution is 2.12. The first-order valence-corrected chi connectivity index (χ1v) is 7.48. The zero-order chi connectivity index (χ0) is 17.2. The van der Waals surface area contributed by atoms with Gasteiger partial charge in [-0.05, 0) is 37.6 Å². The molecule has 0 atom stereocenters. The molecular weight excluding hydrogens is 294 g/mol. The SMILES string of the molecule is CCN(CC)C(=O)CCNC(=O)/C(C#N)=C/c1ccc(O)cc1. The maximum atomic E-state index is 12.0. The highest BCUT2D eigenvalue weighted by molar-refractivity contribution is 6.01. The molecule has 0 aliphatic rings. The van der Waals surface area contributed by atoms with E-state index >= 15 is 0 Å². The number of aromatic hydroxyl groups is 1. The molecule has 0 saturated carbocycles. The van der Waals surface area contributed by atoms with Crippen LogP contribution in [0.5, 0.6) is 5.75 Å². The summed E-state index contributed by atoms with van der Waals surface area (Å²) in [6.07, 6.45) is 1.63. The second kappa shape index (κ2) is 9.26. The molecule has 23 heavy (non-hydrogen) atoms. The van der Waals surface area contributed by atoms with Crippen LogP contribution < -0.4 is 5.32 Å². The number of hydrogen-bond donors (Lipinski definition) is 2. The molecule has 0 unspecified atom stereocenters. The van der Waals surface area contributed by atoms with Gasteiger partial charge in [0.1, 0.15) is 17.4 Å². The Kier molecular flexibility index (Phi) is 7.34. The molecule has 0 heterocycles. The third-order valence-electron chi connectivity index (χ3n) is 3.31. The molecule has 0 aliphatic heterocycles. The quantitative estimate of drug-likeness (QED) is 0.591. The van der Waals surface area contributed by atoms with E-state index < -0.39 is 5.91 Å². The first kappa shape index (κ1) is 18.2. The highest BCUT2D eigenvalue weighted by atomic mass is 16.3. The van der Waals surface area contributed by atoms with Crippen LogP contribution in [0.3, 0.4) is 0 Å². The summed E-state index contributed by atoms with van der Waals surface area (Å²) in [7, 11) is 0. The van der Waals surface area contributed by atoms with Crippen molar-refractivity contribution in [3.63, 3.8) is 0 Å². The molecule has 0 spiro atoms. The van der Waals surface area contributed by atoms with E-state index in [-0.39, 0.29) is 30.2 Å². The van der Waals surface area contributed by atoms with Crippen molar-refractivity contribution in [2.24, 2.45) is 0 Å². The second-order valence-corrected chi connectivity index (χ2v) is 4.83. The van der Waals surface area contributed by atoms with E-state index in [0.717, 1.165) is 0 Å². The van der Waals surface area contributed by atoms with Crippen LogP contribution in [0.25, 0.3) is 6.08 Å². The van der Waals surface area contributed by atoms with Crippen LogP contribution in [0.4, 0.5) is 0 Å². The van der Waals surface area contributed by atoms with E-state index in [9.17, 15) is 14.7 Å². The van der Waals surface area contributed by atoms with Crippen LogP contribution in [-0.4, -0.2) is 41.5 Å². The van der Waals surface area contributed by atoms with E-state index in [1.54, 1.807) is 17.0 Å². The third-order valence-corrected chi connectivity index (χ3v) is 3.31. The molecule has 0 radical (unpaired) electrons. The zero-order valence-electron chi connectivity index (χ0n) is 13.4. The van der Waals surface area contributed by atoms with Crippen molar-refractivity contribution in [1.29, 1.82) is 5.26 Å². The van der Waals surface area contributed by atoms with E-state index in [1.807, 2.05) is 19.9 Å². The van der Waals surface area contributed by atoms with Gasteiger partial charge in [0, 0.05) is 26.1 Å². The van der Waals surface area contributed by atoms with Gasteiger partial charge in [-0.2, -0.15) is 5.26 Å². The summed E-state index contributed by atoms with van der Waals surface area (Å²) in [5.74, 6) is -0.440. The second-order valence-electron chi connectivity index (χ2n) is 4.83. The molecule has 1 aromatic rings. The molecule has 0 saturated heterocycles. The molecule has 0 aromatic heterocycles. The Balaban J connectivity index is 2.60. The van der Waals surface area contributed by atoms with Gasteiger partial charge in [-0.15, -0.1) is 0 Å². The fraction of sp³-hybridized carbons (Fsp3) is 0.353. The summed E-state index contributed by atoms with van der Waals surface area (Å²) in [5.41, 5.74) is 0.583. The average Bonchev–Trinajstić information content (AvgIpc) is 2.55. The maximum Gasteiger partial charge on any atom is 0.261 e. The van der Waals surface area contributed by atoms with Crippen molar-refractivity contribution >= 4 is 17.9 Å². The molecule has 2 N–H and O–H groups in total. The monoisotopic (exact) mass is 315 g/mol. The summed E-state index contributed by atoms with van der Waals surface area (Å²) in [6, 6.07) is 7.99. The first-order chi connectivity index (χ1) is 11.0. The molecule has 122 valence electrons. The Labute approximate surface area is 136 Å². The Morgan fingerprint density at radius 2 is 1.87 bits per heavy atom. The maximum absolute atomic E-state index is 12.0. The predicted molar refractivity (Wildman–Crippen MR) is 87.3 cm³/mol. The number of nitriles is 1. The number of phenolic OH excluding ortho intramolecular Hbond substituents is 1. The minimum atomic E-state index is -0.520. The van der Waals surface area contributed by atoms with Gasteiger partial charge >= 0.3 is 0 Å². The summed E-state index contributed by atoms with van der Waals surface area (Å²) >= 11 is 0. The number of hydrogen-bond acceptors (Lipinski definition) is 4. The molecule has 1 rings (SSSR count). The Morgan fingerprint density at radius 3 is 2.39 bits per heavy atom. The summed E-state index contributed by atoms with van der Waals surface area (Å²) in [4.78, 5) is 25.5. The Bertz CT molecular complexity index is 611. The van der Waals surface area contributed by atoms with Gasteiger partial charge < -0.3 is 15.3 Å². The Morgan fingerprint density at radius 1 is 1.26 bits per heavy atom. The van der Waals surface area contributed by atoms with Crippen molar-refractivity contribution in [3.8, 4) is 11.8 Å². The number of amides is 2. The standard InChI is InChI=1S/C17H21N3O3/c1-3-20(4-2)16(22)9-10-19-17(23)14(12-18)11-13-5-7-15(21)8-6-13/h5-8,11,21H,3-4,9-10H2,1-2H3,(H,19,23)/b14-11+. The molecule has 0 fully saturated rings. The molecular formula is C17H21N3O3. The van der Waals surface area contributed by atoms with Gasteiger partial charge in [0.15, 0.2) is 0 Å². The summed E-state index contributed by atoms with van der Waals surface area (Å²) in [5, 5.41) is 20.9. The molecule has 0 bridgehead atoms. The number of benzene rings is 1. The van der Waals surface area contributed by atoms with E-state index in [2.05, 4.69) is 5.32 Å². The van der Waals surface area contributed by atoms with Crippen LogP contribution in [0, 0.1) is 11.3 Å². The summed E-state index contributed by atoms with van der Waals surface area (Å²) < 4.78 is 0. The van der Waals surface area contributed by atoms with Crippen LogP contribution >= 0.6 is 0 Å². The number of nitrogens with zero attached hydrogens (tertiary/aromatic N) is 2. The van der Waals surface area contributed by atoms with Gasteiger partial charge in [-0.25, -0.2) is 0 Å². The number of carbonyl (C=O) groups excluding carboxylic acids is 2. The van der Waals surface area contributed by atoms with Crippen LogP contribution in [0.15, 0.2) is 29.8 Å². The minimum Gasteiger partial charge on any atom is -0.508 e. The largest absolute Gasteiger partial charge is 0.508 e. The lowest BCUT2D eigenvalue weighted by atomic mass is 10.1. The smallest absolute Gasteiger partial charge is 0.261 e. The molecule has 6 nitrogen and oxygen atoms in total. The van der Waals surface area contributed by atoms with Gasteiger partial charge in [0.05, 0.1) is 0 Å². The topological polar surface area (TPSA) is 93.4 Å². The van der Waals surface area contributed by atoms with Crippen molar-refractivity contribution in [2.45, 2.75) is 20.3 Å². The van der Waals surface area contributed by atoms with E-state index in [4.69, 9.17) is 5.26 Å². The molecule has 2 amide bonds. The fourth-order valence-corrected chi connectivity index (χ4v) is 2.00. The van der Waals surface area contributed by atoms with Gasteiger partial charge in [0.2, 0.25) is 5.91 Å². The van der Waals surface area contributed by atoms with Crippen molar-refractivity contribution < 1.29 is 14.7 Å². The first-order valence-electron chi connectivity index (χ1n) is 7.48. The normalized spacial score (nSPS) is 10.7. The van der Waals surface area contributed by atoms with Crippen LogP contribution in [0.1, 0.15) is 25.8 Å². The van der Waals surface area contributed by atoms with Crippen molar-refractivity contribution in [1.82, 2.24) is 10.2 Å². The minimum absolute atomic E-state index is 0.0312. The fourth-order valence-electron chi connectivity index (χ4n) is 2.00. The number of phenols is 1. The van der Waals surface area contributed by atoms with Crippen LogP contribution in [-0.2, 0) is 9.59 Å². The highest BCUT2D eigenvalue weighted by Gasteiger charge is 2.12. The third kappa shape index (κ3) is 5.83. The molecule has 0 aliphatic carbocycles. The van der Waals surface area contributed by atoms with Gasteiger partial charge in [-0.1, -0.05) is 12.1 Å². The lowest BCUT2D eigenvalue weighted by molar-refractivity contribution is -0.130. The van der Waals surface area contributed by atoms with Crippen molar-refractivity contribution in [3.05, 3.63) is 35.4 Å². The lowest BCUT2D eigenvalue weighted by Gasteiger charge is -2.18. The van der Waals surface area contributed by atoms with Crippen LogP contribution in [0.2, 0.25) is 0 Å². The number of carbonyl (C=O) groups is 2. The Hall–Kier alpha value is -2.81. The van der Waals surface area contributed by atoms with Crippen molar-refractivity contribution in [2.75, 3.05) is 19.6 Å². The predicted octanol–water partition coefficient (Wildman–Crippen LogP) is 1.67. The van der Waals surface area contributed by atoms with Gasteiger partial charge in [0.25, 0.3) is 5.91 Å². The zero-order valence-corrected chi connectivity index (χ0v) is 13.4. The molecule has 1 aromatic carbocycles. The number of nitrogens with one attached hydrogen (secondary N) is 1. The van der Waals surface area contributed by atoms with E-state index in [0.29, 0.717) is 18.7 Å². The lowest BCUT2D eigenvalue weighted by Crippen LogP contribution is -2.34. The van der Waals surface area contributed by atoms with Gasteiger partial charge in [-0.3, -0.25) is 9.59 Å².